The molecule has 0 fully saturated rings. The van der Waals surface area contributed by atoms with Gasteiger partial charge in [-0.05, 0) is 47.0 Å². The number of hydrogen-bond acceptors (Lipinski definition) is 4. The van der Waals surface area contributed by atoms with Gasteiger partial charge in [0.05, 0.1) is 18.9 Å². The van der Waals surface area contributed by atoms with Gasteiger partial charge >= 0.3 is 0 Å². The molecular formula is C15H25BrN2O2. The van der Waals surface area contributed by atoms with E-state index >= 15 is 0 Å². The van der Waals surface area contributed by atoms with Gasteiger partial charge in [-0.3, -0.25) is 0 Å². The molecule has 0 saturated heterocycles. The molecule has 4 nitrogen and oxygen atoms in total. The highest BCUT2D eigenvalue weighted by Gasteiger charge is 2.11. The van der Waals surface area contributed by atoms with Gasteiger partial charge in [0.15, 0.2) is 0 Å². The number of rotatable bonds is 9. The SMILES string of the molecule is COCCN(CCOC)c1ccc(CC(C)N)cc1Br. The van der Waals surface area contributed by atoms with E-state index in [1.165, 1.54) is 5.56 Å². The Kier molecular flexibility index (Phi) is 8.14. The quantitative estimate of drug-likeness (QED) is 0.747. The van der Waals surface area contributed by atoms with Gasteiger partial charge in [0.2, 0.25) is 0 Å². The van der Waals surface area contributed by atoms with Crippen molar-refractivity contribution in [2.45, 2.75) is 19.4 Å². The highest BCUT2D eigenvalue weighted by atomic mass is 79.9. The lowest BCUT2D eigenvalue weighted by Crippen LogP contribution is -2.31. The molecule has 1 aromatic rings. The summed E-state index contributed by atoms with van der Waals surface area (Å²) in [6.07, 6.45) is 0.884. The van der Waals surface area contributed by atoms with Crippen molar-refractivity contribution in [1.82, 2.24) is 0 Å². The molecule has 0 aromatic heterocycles. The van der Waals surface area contributed by atoms with Gasteiger partial charge in [-0.2, -0.15) is 0 Å². The van der Waals surface area contributed by atoms with Crippen molar-refractivity contribution in [1.29, 1.82) is 0 Å². The monoisotopic (exact) mass is 344 g/mol. The van der Waals surface area contributed by atoms with Crippen molar-refractivity contribution in [2.75, 3.05) is 45.4 Å². The summed E-state index contributed by atoms with van der Waals surface area (Å²) in [5.74, 6) is 0. The van der Waals surface area contributed by atoms with E-state index in [-0.39, 0.29) is 6.04 Å². The highest BCUT2D eigenvalue weighted by Crippen LogP contribution is 2.27. The van der Waals surface area contributed by atoms with Gasteiger partial charge in [-0.1, -0.05) is 6.07 Å². The first-order valence-electron chi connectivity index (χ1n) is 6.85. The zero-order chi connectivity index (χ0) is 15.0. The molecule has 1 atom stereocenters. The molecule has 0 aliphatic rings. The van der Waals surface area contributed by atoms with Crippen LogP contribution in [-0.2, 0) is 15.9 Å². The minimum atomic E-state index is 0.172. The number of halogens is 1. The van der Waals surface area contributed by atoms with Crippen LogP contribution in [0.15, 0.2) is 22.7 Å². The second kappa shape index (κ2) is 9.34. The molecule has 5 heteroatoms. The topological polar surface area (TPSA) is 47.7 Å². The Morgan fingerprint density at radius 3 is 2.25 bits per heavy atom. The van der Waals surface area contributed by atoms with Crippen molar-refractivity contribution in [3.05, 3.63) is 28.2 Å². The summed E-state index contributed by atoms with van der Waals surface area (Å²) in [6.45, 7) is 5.08. The molecule has 20 heavy (non-hydrogen) atoms. The van der Waals surface area contributed by atoms with Crippen LogP contribution >= 0.6 is 15.9 Å². The summed E-state index contributed by atoms with van der Waals surface area (Å²) in [6, 6.07) is 6.58. The molecule has 0 heterocycles. The van der Waals surface area contributed by atoms with E-state index < -0.39 is 0 Å². The summed E-state index contributed by atoms with van der Waals surface area (Å²) < 4.78 is 11.4. The average Bonchev–Trinajstić information content (AvgIpc) is 2.39. The predicted octanol–water partition coefficient (Wildman–Crippen LogP) is 2.44. The Bertz CT molecular complexity index is 391. The Balaban J connectivity index is 2.83. The average molecular weight is 345 g/mol. The molecular weight excluding hydrogens is 320 g/mol. The number of nitrogens with zero attached hydrogens (tertiary/aromatic N) is 1. The van der Waals surface area contributed by atoms with Crippen LogP contribution in [-0.4, -0.2) is 46.6 Å². The molecule has 1 unspecified atom stereocenters. The molecule has 0 aliphatic heterocycles. The lowest BCUT2D eigenvalue weighted by Gasteiger charge is -2.26. The van der Waals surface area contributed by atoms with Crippen molar-refractivity contribution in [3.63, 3.8) is 0 Å². The summed E-state index contributed by atoms with van der Waals surface area (Å²) in [7, 11) is 3.44. The van der Waals surface area contributed by atoms with E-state index in [0.717, 1.165) is 29.7 Å². The summed E-state index contributed by atoms with van der Waals surface area (Å²) in [5.41, 5.74) is 8.25. The Morgan fingerprint density at radius 2 is 1.80 bits per heavy atom. The van der Waals surface area contributed by atoms with Gasteiger partial charge in [0, 0.05) is 37.8 Å². The first-order valence-corrected chi connectivity index (χ1v) is 7.64. The number of ether oxygens (including phenoxy) is 2. The normalized spacial score (nSPS) is 12.4. The van der Waals surface area contributed by atoms with Crippen LogP contribution < -0.4 is 10.6 Å². The molecule has 1 rings (SSSR count). The largest absolute Gasteiger partial charge is 0.383 e. The molecule has 0 spiro atoms. The highest BCUT2D eigenvalue weighted by molar-refractivity contribution is 9.10. The molecule has 0 amide bonds. The zero-order valence-corrected chi connectivity index (χ0v) is 14.1. The van der Waals surface area contributed by atoms with Crippen LogP contribution in [0.4, 0.5) is 5.69 Å². The number of nitrogens with two attached hydrogens (primary N) is 1. The maximum atomic E-state index is 5.85. The third kappa shape index (κ3) is 5.79. The maximum Gasteiger partial charge on any atom is 0.0637 e. The number of anilines is 1. The van der Waals surface area contributed by atoms with Crippen LogP contribution in [0.3, 0.4) is 0 Å². The summed E-state index contributed by atoms with van der Waals surface area (Å²) >= 11 is 3.66. The molecule has 0 saturated carbocycles. The number of hydrogen-bond donors (Lipinski definition) is 1. The van der Waals surface area contributed by atoms with Crippen molar-refractivity contribution >= 4 is 21.6 Å². The first-order chi connectivity index (χ1) is 9.58. The molecule has 0 aliphatic carbocycles. The van der Waals surface area contributed by atoms with Crippen LogP contribution in [0.2, 0.25) is 0 Å². The molecule has 0 radical (unpaired) electrons. The lowest BCUT2D eigenvalue weighted by atomic mass is 10.1. The van der Waals surface area contributed by atoms with Gasteiger partial charge in [0.1, 0.15) is 0 Å². The van der Waals surface area contributed by atoms with E-state index in [4.69, 9.17) is 15.2 Å². The number of methoxy groups -OCH3 is 2. The van der Waals surface area contributed by atoms with Crippen LogP contribution in [0.1, 0.15) is 12.5 Å². The fourth-order valence-electron chi connectivity index (χ4n) is 2.06. The van der Waals surface area contributed by atoms with Crippen LogP contribution in [0, 0.1) is 0 Å². The van der Waals surface area contributed by atoms with E-state index in [1.54, 1.807) is 14.2 Å². The van der Waals surface area contributed by atoms with E-state index in [0.29, 0.717) is 13.2 Å². The molecule has 114 valence electrons. The second-order valence-corrected chi connectivity index (χ2v) is 5.79. The Morgan fingerprint density at radius 1 is 1.20 bits per heavy atom. The fraction of sp³-hybridized carbons (Fsp3) is 0.600. The lowest BCUT2D eigenvalue weighted by molar-refractivity contribution is 0.190. The maximum absolute atomic E-state index is 5.85. The van der Waals surface area contributed by atoms with E-state index in [2.05, 4.69) is 39.0 Å². The van der Waals surface area contributed by atoms with Crippen molar-refractivity contribution in [2.24, 2.45) is 5.73 Å². The molecule has 0 bridgehead atoms. The molecule has 2 N–H and O–H groups in total. The first kappa shape index (κ1) is 17.4. The summed E-state index contributed by atoms with van der Waals surface area (Å²) in [5, 5.41) is 0. The third-order valence-corrected chi connectivity index (χ3v) is 3.68. The number of benzene rings is 1. The Hall–Kier alpha value is -0.620. The van der Waals surface area contributed by atoms with Gasteiger partial charge in [-0.15, -0.1) is 0 Å². The van der Waals surface area contributed by atoms with Gasteiger partial charge in [0.25, 0.3) is 0 Å². The minimum Gasteiger partial charge on any atom is -0.383 e. The third-order valence-electron chi connectivity index (χ3n) is 3.04. The van der Waals surface area contributed by atoms with Crippen LogP contribution in [0.25, 0.3) is 0 Å². The fourth-order valence-corrected chi connectivity index (χ4v) is 2.74. The Labute approximate surface area is 130 Å². The van der Waals surface area contributed by atoms with Gasteiger partial charge < -0.3 is 20.1 Å². The zero-order valence-electron chi connectivity index (χ0n) is 12.6. The van der Waals surface area contributed by atoms with E-state index in [1.807, 2.05) is 6.92 Å². The van der Waals surface area contributed by atoms with Crippen LogP contribution in [0.5, 0.6) is 0 Å². The standard InChI is InChI=1S/C15H25BrN2O2/c1-12(17)10-13-4-5-15(14(16)11-13)18(6-8-19-2)7-9-20-3/h4-5,11-12H,6-10,17H2,1-3H3. The minimum absolute atomic E-state index is 0.172. The van der Waals surface area contributed by atoms with Crippen molar-refractivity contribution < 1.29 is 9.47 Å². The van der Waals surface area contributed by atoms with Crippen molar-refractivity contribution in [3.8, 4) is 0 Å². The summed E-state index contributed by atoms with van der Waals surface area (Å²) in [4.78, 5) is 2.26. The van der Waals surface area contributed by atoms with Gasteiger partial charge in [-0.25, -0.2) is 0 Å². The van der Waals surface area contributed by atoms with E-state index in [9.17, 15) is 0 Å². The smallest absolute Gasteiger partial charge is 0.0637 e. The predicted molar refractivity (Wildman–Crippen MR) is 87.5 cm³/mol. The second-order valence-electron chi connectivity index (χ2n) is 4.94. The molecule has 1 aromatic carbocycles.